The van der Waals surface area contributed by atoms with Crippen molar-refractivity contribution in [1.29, 1.82) is 0 Å². The van der Waals surface area contributed by atoms with E-state index in [0.717, 1.165) is 18.6 Å². The van der Waals surface area contributed by atoms with E-state index >= 15 is 0 Å². The number of carboxylic acid groups (broad SMARTS) is 1. The van der Waals surface area contributed by atoms with E-state index in [1.807, 2.05) is 20.8 Å². The Morgan fingerprint density at radius 3 is 2.48 bits per heavy atom. The summed E-state index contributed by atoms with van der Waals surface area (Å²) in [6, 6.07) is 0.948. The maximum absolute atomic E-state index is 13.0. The van der Waals surface area contributed by atoms with Crippen molar-refractivity contribution in [3.05, 3.63) is 11.8 Å². The second-order valence-corrected chi connectivity index (χ2v) is 8.62. The first kappa shape index (κ1) is 23.1. The molecule has 3 heterocycles. The Labute approximate surface area is 169 Å². The Bertz CT molecular complexity index is 717. The molecule has 0 bridgehead atoms. The molecule has 8 nitrogen and oxygen atoms in total. The van der Waals surface area contributed by atoms with Gasteiger partial charge in [0.05, 0.1) is 13.1 Å². The highest BCUT2D eigenvalue weighted by Gasteiger charge is 2.40. The van der Waals surface area contributed by atoms with Crippen molar-refractivity contribution in [3.8, 4) is 0 Å². The number of aliphatic carboxylic acids is 1. The SMILES string of the molecule is CC(C)(C)c1cc(N)no1.O=C(O)[C@@H]1CCCCN1C(=O)CN1CCC(F)(F)C1. The summed E-state index contributed by atoms with van der Waals surface area (Å²) in [5.41, 5.74) is 5.38. The maximum Gasteiger partial charge on any atom is 0.326 e. The van der Waals surface area contributed by atoms with Crippen LogP contribution in [0.25, 0.3) is 0 Å². The van der Waals surface area contributed by atoms with Gasteiger partial charge in [-0.15, -0.1) is 0 Å². The van der Waals surface area contributed by atoms with Crippen molar-refractivity contribution in [2.45, 2.75) is 63.8 Å². The van der Waals surface area contributed by atoms with Crippen molar-refractivity contribution in [2.75, 3.05) is 31.9 Å². The molecule has 2 aliphatic heterocycles. The molecule has 10 heteroatoms. The molecule has 3 N–H and O–H groups in total. The third kappa shape index (κ3) is 6.66. The number of halogens is 2. The molecule has 1 aromatic heterocycles. The van der Waals surface area contributed by atoms with Crippen molar-refractivity contribution >= 4 is 17.7 Å². The molecule has 0 saturated carbocycles. The quantitative estimate of drug-likeness (QED) is 0.778. The number of nitrogens with two attached hydrogens (primary N) is 1. The second-order valence-electron chi connectivity index (χ2n) is 8.62. The molecule has 0 aliphatic carbocycles. The number of anilines is 1. The summed E-state index contributed by atoms with van der Waals surface area (Å²) < 4.78 is 31.0. The Morgan fingerprint density at radius 2 is 2.03 bits per heavy atom. The van der Waals surface area contributed by atoms with Gasteiger partial charge in [0.15, 0.2) is 5.82 Å². The first-order valence-corrected chi connectivity index (χ1v) is 9.74. The molecule has 29 heavy (non-hydrogen) atoms. The Kier molecular flexibility index (Phi) is 7.20. The number of nitrogens with zero attached hydrogens (tertiary/aromatic N) is 3. The van der Waals surface area contributed by atoms with Crippen LogP contribution in [0.5, 0.6) is 0 Å². The van der Waals surface area contributed by atoms with Crippen LogP contribution in [0.2, 0.25) is 0 Å². The van der Waals surface area contributed by atoms with E-state index in [-0.39, 0.29) is 30.8 Å². The smallest absolute Gasteiger partial charge is 0.326 e. The molecule has 2 aliphatic rings. The van der Waals surface area contributed by atoms with Crippen molar-refractivity contribution in [1.82, 2.24) is 15.0 Å². The molecule has 0 aromatic carbocycles. The minimum absolute atomic E-state index is 0.00458. The van der Waals surface area contributed by atoms with Crippen molar-refractivity contribution in [3.63, 3.8) is 0 Å². The predicted molar refractivity (Wildman–Crippen MR) is 103 cm³/mol. The topological polar surface area (TPSA) is 113 Å². The average Bonchev–Trinajstić information content (AvgIpc) is 3.20. The number of amides is 1. The van der Waals surface area contributed by atoms with Crippen LogP contribution in [0.3, 0.4) is 0 Å². The van der Waals surface area contributed by atoms with Gasteiger partial charge in [-0.05, 0) is 19.3 Å². The van der Waals surface area contributed by atoms with Gasteiger partial charge in [0.25, 0.3) is 5.92 Å². The standard InChI is InChI=1S/C12H18F2N2O3.C7H12N2O/c13-12(14)4-6-15(8-12)7-10(17)16-5-2-1-3-9(16)11(18)19;1-7(2,3)5-4-6(8)9-10-5/h9H,1-8H2,(H,18,19);4H,1-3H3,(H2,8,9)/t9-;/m0./s1. The highest BCUT2D eigenvalue weighted by Crippen LogP contribution is 2.27. The molecule has 2 saturated heterocycles. The molecule has 0 spiro atoms. The number of likely N-dealkylation sites (tertiary alicyclic amines) is 2. The molecule has 0 unspecified atom stereocenters. The fourth-order valence-corrected chi connectivity index (χ4v) is 3.35. The Morgan fingerprint density at radius 1 is 1.34 bits per heavy atom. The third-order valence-electron chi connectivity index (χ3n) is 4.98. The molecule has 1 aromatic rings. The fourth-order valence-electron chi connectivity index (χ4n) is 3.35. The number of hydrogen-bond donors (Lipinski definition) is 2. The lowest BCUT2D eigenvalue weighted by molar-refractivity contribution is -0.152. The third-order valence-corrected chi connectivity index (χ3v) is 4.98. The number of alkyl halides is 2. The van der Waals surface area contributed by atoms with E-state index in [2.05, 4.69) is 5.16 Å². The predicted octanol–water partition coefficient (Wildman–Crippen LogP) is 2.35. The van der Waals surface area contributed by atoms with Gasteiger partial charge in [0.1, 0.15) is 11.8 Å². The largest absolute Gasteiger partial charge is 0.480 e. The highest BCUT2D eigenvalue weighted by molar-refractivity contribution is 5.85. The van der Waals surface area contributed by atoms with Crippen LogP contribution >= 0.6 is 0 Å². The zero-order valence-electron chi connectivity index (χ0n) is 17.2. The summed E-state index contributed by atoms with van der Waals surface area (Å²) in [6.45, 7) is 6.21. The number of carboxylic acids is 1. The van der Waals surface area contributed by atoms with Gasteiger partial charge in [-0.25, -0.2) is 13.6 Å². The normalized spacial score (nSPS) is 22.1. The molecular weight excluding hydrogens is 386 g/mol. The summed E-state index contributed by atoms with van der Waals surface area (Å²) in [4.78, 5) is 25.9. The van der Waals surface area contributed by atoms with Crippen LogP contribution in [-0.2, 0) is 15.0 Å². The number of piperidine rings is 1. The molecule has 1 atom stereocenters. The maximum atomic E-state index is 13.0. The number of aromatic nitrogens is 1. The van der Waals surface area contributed by atoms with Crippen molar-refractivity contribution < 1.29 is 28.0 Å². The van der Waals surface area contributed by atoms with Crippen LogP contribution in [-0.4, -0.2) is 70.1 Å². The molecule has 1 amide bonds. The molecule has 164 valence electrons. The lowest BCUT2D eigenvalue weighted by Crippen LogP contribution is -2.51. The monoisotopic (exact) mass is 416 g/mol. The minimum Gasteiger partial charge on any atom is -0.480 e. The van der Waals surface area contributed by atoms with Gasteiger partial charge < -0.3 is 20.3 Å². The Hall–Kier alpha value is -2.23. The first-order valence-electron chi connectivity index (χ1n) is 9.74. The second kappa shape index (κ2) is 9.06. The number of hydrogen-bond acceptors (Lipinski definition) is 6. The zero-order valence-corrected chi connectivity index (χ0v) is 17.2. The highest BCUT2D eigenvalue weighted by atomic mass is 19.3. The zero-order chi connectivity index (χ0) is 21.8. The number of carbonyl (C=O) groups is 2. The van der Waals surface area contributed by atoms with E-state index in [1.165, 1.54) is 9.80 Å². The van der Waals surface area contributed by atoms with E-state index in [9.17, 15) is 18.4 Å². The summed E-state index contributed by atoms with van der Waals surface area (Å²) >= 11 is 0. The lowest BCUT2D eigenvalue weighted by atomic mass is 9.93. The van der Waals surface area contributed by atoms with E-state index < -0.39 is 24.5 Å². The summed E-state index contributed by atoms with van der Waals surface area (Å²) in [6.07, 6.45) is 1.76. The van der Waals surface area contributed by atoms with Crippen LogP contribution in [0.4, 0.5) is 14.6 Å². The van der Waals surface area contributed by atoms with Gasteiger partial charge in [-0.3, -0.25) is 9.69 Å². The van der Waals surface area contributed by atoms with Crippen LogP contribution in [0.15, 0.2) is 10.6 Å². The molecular formula is C19H30F2N4O4. The van der Waals surface area contributed by atoms with E-state index in [0.29, 0.717) is 18.8 Å². The van der Waals surface area contributed by atoms with Gasteiger partial charge in [0.2, 0.25) is 5.91 Å². The van der Waals surface area contributed by atoms with Crippen LogP contribution in [0, 0.1) is 0 Å². The van der Waals surface area contributed by atoms with Crippen molar-refractivity contribution in [2.24, 2.45) is 0 Å². The molecule has 0 radical (unpaired) electrons. The van der Waals surface area contributed by atoms with Gasteiger partial charge in [-0.1, -0.05) is 25.9 Å². The molecule has 3 rings (SSSR count). The van der Waals surface area contributed by atoms with Gasteiger partial charge in [-0.2, -0.15) is 0 Å². The molecule has 2 fully saturated rings. The number of carbonyl (C=O) groups excluding carboxylic acids is 1. The van der Waals surface area contributed by atoms with E-state index in [1.54, 1.807) is 6.07 Å². The first-order chi connectivity index (χ1) is 13.4. The Balaban J connectivity index is 0.000000253. The summed E-state index contributed by atoms with van der Waals surface area (Å²) in [5, 5.41) is 12.7. The van der Waals surface area contributed by atoms with Gasteiger partial charge >= 0.3 is 5.97 Å². The summed E-state index contributed by atoms with van der Waals surface area (Å²) in [7, 11) is 0. The van der Waals surface area contributed by atoms with Crippen LogP contribution in [0.1, 0.15) is 52.2 Å². The van der Waals surface area contributed by atoms with Crippen LogP contribution < -0.4 is 5.73 Å². The number of rotatable bonds is 3. The van der Waals surface area contributed by atoms with E-state index in [4.69, 9.17) is 15.4 Å². The minimum atomic E-state index is -2.73. The lowest BCUT2D eigenvalue weighted by Gasteiger charge is -2.34. The van der Waals surface area contributed by atoms with Gasteiger partial charge in [0, 0.05) is 31.0 Å². The summed E-state index contributed by atoms with van der Waals surface area (Å²) in [5.74, 6) is -2.83. The average molecular weight is 416 g/mol. The number of nitrogen functional groups attached to an aromatic ring is 1. The fraction of sp³-hybridized carbons (Fsp3) is 0.737.